The van der Waals surface area contributed by atoms with Gasteiger partial charge < -0.3 is 21.1 Å². The Morgan fingerprint density at radius 3 is 2.50 bits per heavy atom. The van der Waals surface area contributed by atoms with Gasteiger partial charge in [-0.3, -0.25) is 14.4 Å². The largest absolute Gasteiger partial charge is 0.368 e. The van der Waals surface area contributed by atoms with E-state index in [9.17, 15) is 14.4 Å². The predicted molar refractivity (Wildman–Crippen MR) is 146 cm³/mol. The van der Waals surface area contributed by atoms with Gasteiger partial charge in [0.25, 0.3) is 5.91 Å². The summed E-state index contributed by atoms with van der Waals surface area (Å²) >= 11 is 0. The summed E-state index contributed by atoms with van der Waals surface area (Å²) in [6.45, 7) is 0.661. The summed E-state index contributed by atoms with van der Waals surface area (Å²) < 4.78 is 5.22. The van der Waals surface area contributed by atoms with Gasteiger partial charge in [0.05, 0.1) is 11.3 Å². The van der Waals surface area contributed by atoms with Crippen molar-refractivity contribution in [3.63, 3.8) is 0 Å². The normalized spacial score (nSPS) is 17.4. The summed E-state index contributed by atoms with van der Waals surface area (Å²) in [7, 11) is 0.825. The highest BCUT2D eigenvalue weighted by atomic mass is 32.2. The number of fused-ring (bicyclic) bond motifs is 1. The Labute approximate surface area is 213 Å². The van der Waals surface area contributed by atoms with Crippen molar-refractivity contribution in [1.82, 2.24) is 9.21 Å². The zero-order valence-corrected chi connectivity index (χ0v) is 21.0. The molecule has 1 heterocycles. The van der Waals surface area contributed by atoms with Gasteiger partial charge in [-0.25, -0.2) is 4.31 Å². The Balaban J connectivity index is 1.50. The van der Waals surface area contributed by atoms with Gasteiger partial charge in [-0.05, 0) is 58.0 Å². The molecular weight excluding hydrogens is 474 g/mol. The molecule has 0 spiro atoms. The first kappa shape index (κ1) is 25.4. The number of anilines is 1. The van der Waals surface area contributed by atoms with Crippen LogP contribution in [0.3, 0.4) is 0 Å². The standard InChI is InChI=1S/C27H31N5O3S/c1-31(24(26(29)34)17-18-13-14-19-8-3-4-9-20(19)16-18)27(35)23-12-7-15-32(23)36(2)30-22-11-6-5-10-21(22)25(28)33/h3-6,8-11,13-14,16,23-24,30H,2,7,12,15,17H2,1H3,(H2,28,33)(H2,29,34). The number of nitrogens with zero attached hydrogens (tertiary/aromatic N) is 2. The number of benzene rings is 3. The molecule has 3 aromatic rings. The maximum Gasteiger partial charge on any atom is 0.250 e. The SMILES string of the molecule is C=S(Nc1ccccc1C(N)=O)N1CCCC1C(=O)N(C)C(Cc1ccc2ccccc2c1)C(N)=O. The summed E-state index contributed by atoms with van der Waals surface area (Å²) in [4.78, 5) is 39.3. The van der Waals surface area contributed by atoms with Crippen LogP contribution in [0.5, 0.6) is 0 Å². The van der Waals surface area contributed by atoms with Crippen LogP contribution >= 0.6 is 10.9 Å². The van der Waals surface area contributed by atoms with E-state index in [1.54, 1.807) is 31.3 Å². The third kappa shape index (κ3) is 5.42. The van der Waals surface area contributed by atoms with E-state index in [4.69, 9.17) is 11.5 Å². The van der Waals surface area contributed by atoms with E-state index >= 15 is 0 Å². The number of nitrogens with one attached hydrogen (secondary N) is 1. The van der Waals surface area contributed by atoms with Crippen molar-refractivity contribution >= 4 is 50.9 Å². The Kier molecular flexibility index (Phi) is 7.71. The fourth-order valence-corrected chi connectivity index (χ4v) is 6.03. The fourth-order valence-electron chi connectivity index (χ4n) is 4.63. The number of likely N-dealkylation sites (N-methyl/N-ethyl adjacent to an activating group) is 1. The molecular formula is C27H31N5O3S. The van der Waals surface area contributed by atoms with Gasteiger partial charge in [-0.1, -0.05) is 54.6 Å². The Morgan fingerprint density at radius 1 is 1.08 bits per heavy atom. The van der Waals surface area contributed by atoms with Gasteiger partial charge in [-0.15, -0.1) is 0 Å². The number of amides is 3. The summed E-state index contributed by atoms with van der Waals surface area (Å²) in [5, 5.41) is 2.17. The lowest BCUT2D eigenvalue weighted by molar-refractivity contribution is -0.140. The predicted octanol–water partition coefficient (Wildman–Crippen LogP) is 2.90. The molecule has 0 aromatic heterocycles. The van der Waals surface area contributed by atoms with Crippen LogP contribution in [0.4, 0.5) is 5.69 Å². The molecule has 1 aliphatic heterocycles. The first-order valence-corrected chi connectivity index (χ1v) is 13.1. The fraction of sp³-hybridized carbons (Fsp3) is 0.259. The first-order chi connectivity index (χ1) is 17.3. The molecule has 0 bridgehead atoms. The molecule has 5 N–H and O–H groups in total. The smallest absolute Gasteiger partial charge is 0.250 e. The molecule has 3 aromatic carbocycles. The molecule has 8 nitrogen and oxygen atoms in total. The summed E-state index contributed by atoms with van der Waals surface area (Å²) in [5.41, 5.74) is 13.1. The Hall–Kier alpha value is -3.69. The average Bonchev–Trinajstić information content (AvgIpc) is 3.36. The van der Waals surface area contributed by atoms with Crippen LogP contribution in [0, 0.1) is 0 Å². The van der Waals surface area contributed by atoms with Crippen molar-refractivity contribution in [3.8, 4) is 0 Å². The van der Waals surface area contributed by atoms with Crippen LogP contribution in [-0.2, 0) is 16.0 Å². The van der Waals surface area contributed by atoms with Crippen molar-refractivity contribution in [3.05, 3.63) is 77.9 Å². The van der Waals surface area contributed by atoms with Crippen LogP contribution in [0.2, 0.25) is 0 Å². The Bertz CT molecular complexity index is 1330. The van der Waals surface area contributed by atoms with E-state index in [2.05, 4.69) is 10.6 Å². The lowest BCUT2D eigenvalue weighted by Crippen LogP contribution is -2.52. The van der Waals surface area contributed by atoms with E-state index in [1.165, 1.54) is 4.90 Å². The van der Waals surface area contributed by atoms with E-state index in [0.717, 1.165) is 22.8 Å². The number of hydrogen-bond acceptors (Lipinski definition) is 5. The molecule has 1 saturated heterocycles. The number of rotatable bonds is 9. The van der Waals surface area contributed by atoms with E-state index in [-0.39, 0.29) is 5.91 Å². The maximum atomic E-state index is 13.6. The average molecular weight is 506 g/mol. The van der Waals surface area contributed by atoms with Crippen LogP contribution in [-0.4, -0.2) is 58.5 Å². The number of carbonyl (C=O) groups is 3. The maximum absolute atomic E-state index is 13.6. The van der Waals surface area contributed by atoms with Gasteiger partial charge in [-0.2, -0.15) is 0 Å². The van der Waals surface area contributed by atoms with E-state index < -0.39 is 34.8 Å². The molecule has 3 atom stereocenters. The van der Waals surface area contributed by atoms with Crippen LogP contribution in [0.25, 0.3) is 10.8 Å². The molecule has 4 rings (SSSR count). The molecule has 0 aliphatic carbocycles. The van der Waals surface area contributed by atoms with Gasteiger partial charge >= 0.3 is 0 Å². The first-order valence-electron chi connectivity index (χ1n) is 11.8. The highest BCUT2D eigenvalue weighted by Crippen LogP contribution is 2.32. The van der Waals surface area contributed by atoms with Crippen molar-refractivity contribution in [1.29, 1.82) is 0 Å². The minimum atomic E-state index is -0.806. The molecule has 0 radical (unpaired) electrons. The molecule has 0 saturated carbocycles. The zero-order valence-electron chi connectivity index (χ0n) is 20.2. The van der Waals surface area contributed by atoms with Gasteiger partial charge in [0.2, 0.25) is 11.8 Å². The van der Waals surface area contributed by atoms with E-state index in [1.807, 2.05) is 46.8 Å². The zero-order chi connectivity index (χ0) is 25.8. The summed E-state index contributed by atoms with van der Waals surface area (Å²) in [6.07, 6.45) is 1.78. The third-order valence-corrected chi connectivity index (χ3v) is 8.04. The lowest BCUT2D eigenvalue weighted by atomic mass is 10.00. The molecule has 1 fully saturated rings. The highest BCUT2D eigenvalue weighted by molar-refractivity contribution is 8.13. The second kappa shape index (κ2) is 10.9. The highest BCUT2D eigenvalue weighted by Gasteiger charge is 2.37. The molecule has 3 amide bonds. The monoisotopic (exact) mass is 505 g/mol. The second-order valence-corrected chi connectivity index (χ2v) is 10.3. The molecule has 9 heteroatoms. The lowest BCUT2D eigenvalue weighted by Gasteiger charge is -2.33. The van der Waals surface area contributed by atoms with Gasteiger partial charge in [0.15, 0.2) is 0 Å². The third-order valence-electron chi connectivity index (χ3n) is 6.58. The van der Waals surface area contributed by atoms with Crippen molar-refractivity contribution in [2.75, 3.05) is 18.3 Å². The van der Waals surface area contributed by atoms with Gasteiger partial charge in [0, 0.05) is 20.0 Å². The Morgan fingerprint density at radius 2 is 1.78 bits per heavy atom. The minimum absolute atomic E-state index is 0.178. The second-order valence-electron chi connectivity index (χ2n) is 8.93. The summed E-state index contributed by atoms with van der Waals surface area (Å²) in [5.74, 6) is 2.94. The van der Waals surface area contributed by atoms with Crippen molar-refractivity contribution in [2.24, 2.45) is 11.5 Å². The van der Waals surface area contributed by atoms with Crippen LogP contribution in [0.1, 0.15) is 28.8 Å². The number of para-hydroxylation sites is 1. The number of nitrogens with two attached hydrogens (primary N) is 2. The molecule has 1 aliphatic rings. The van der Waals surface area contributed by atoms with Gasteiger partial charge in [0.1, 0.15) is 12.1 Å². The van der Waals surface area contributed by atoms with Crippen molar-refractivity contribution in [2.45, 2.75) is 31.3 Å². The van der Waals surface area contributed by atoms with E-state index in [0.29, 0.717) is 30.6 Å². The topological polar surface area (TPSA) is 122 Å². The number of carbonyl (C=O) groups excluding carboxylic acids is 3. The summed E-state index contributed by atoms with van der Waals surface area (Å²) in [6, 6.07) is 19.7. The van der Waals surface area contributed by atoms with Crippen LogP contribution < -0.4 is 16.2 Å². The molecule has 36 heavy (non-hydrogen) atoms. The number of hydrogen-bond donors (Lipinski definition) is 3. The quantitative estimate of drug-likeness (QED) is 0.386. The minimum Gasteiger partial charge on any atom is -0.368 e. The molecule has 3 unspecified atom stereocenters. The van der Waals surface area contributed by atoms with Crippen molar-refractivity contribution < 1.29 is 14.4 Å². The van der Waals surface area contributed by atoms with Crippen LogP contribution in [0.15, 0.2) is 66.7 Å². The number of primary amides is 2. The molecule has 188 valence electrons.